The first-order valence-electron chi connectivity index (χ1n) is 7.43. The Labute approximate surface area is 124 Å². The highest BCUT2D eigenvalue weighted by molar-refractivity contribution is 5.71. The van der Waals surface area contributed by atoms with Gasteiger partial charge in [0.15, 0.2) is 0 Å². The fourth-order valence-corrected chi connectivity index (χ4v) is 3.23. The van der Waals surface area contributed by atoms with Crippen LogP contribution in [-0.4, -0.2) is 6.54 Å². The molecule has 110 valence electrons. The van der Waals surface area contributed by atoms with Crippen LogP contribution in [0, 0.1) is 18.6 Å². The van der Waals surface area contributed by atoms with Crippen molar-refractivity contribution in [3.8, 4) is 11.1 Å². The summed E-state index contributed by atoms with van der Waals surface area (Å²) in [7, 11) is 0. The third kappa shape index (κ3) is 2.46. The Balaban J connectivity index is 2.11. The highest BCUT2D eigenvalue weighted by atomic mass is 19.1. The summed E-state index contributed by atoms with van der Waals surface area (Å²) in [6.45, 7) is 4.67. The second kappa shape index (κ2) is 5.57. The number of benzene rings is 2. The van der Waals surface area contributed by atoms with Crippen LogP contribution < -0.4 is 5.32 Å². The van der Waals surface area contributed by atoms with Gasteiger partial charge < -0.3 is 5.32 Å². The van der Waals surface area contributed by atoms with Gasteiger partial charge in [-0.05, 0) is 54.6 Å². The molecule has 3 heteroatoms. The average molecular weight is 287 g/mol. The summed E-state index contributed by atoms with van der Waals surface area (Å²) in [5.41, 5.74) is 4.31. The van der Waals surface area contributed by atoms with Gasteiger partial charge in [0.25, 0.3) is 0 Å². The van der Waals surface area contributed by atoms with Gasteiger partial charge in [-0.2, -0.15) is 0 Å². The van der Waals surface area contributed by atoms with Crippen LogP contribution in [0.5, 0.6) is 0 Å². The van der Waals surface area contributed by atoms with Gasteiger partial charge in [0.2, 0.25) is 0 Å². The van der Waals surface area contributed by atoms with Gasteiger partial charge in [-0.15, -0.1) is 0 Å². The highest BCUT2D eigenvalue weighted by Crippen LogP contribution is 2.38. The molecule has 3 rings (SSSR count). The first kappa shape index (κ1) is 14.2. The van der Waals surface area contributed by atoms with Crippen LogP contribution in [0.2, 0.25) is 0 Å². The lowest BCUT2D eigenvalue weighted by Gasteiger charge is -2.14. The van der Waals surface area contributed by atoms with Gasteiger partial charge in [0.05, 0.1) is 0 Å². The number of hydrogen-bond acceptors (Lipinski definition) is 1. The molecule has 0 fully saturated rings. The normalized spacial score (nSPS) is 17.0. The monoisotopic (exact) mass is 287 g/mol. The van der Waals surface area contributed by atoms with Crippen molar-refractivity contribution in [1.82, 2.24) is 5.32 Å². The third-order valence-electron chi connectivity index (χ3n) is 4.26. The fourth-order valence-electron chi connectivity index (χ4n) is 3.23. The molecule has 0 aromatic heterocycles. The van der Waals surface area contributed by atoms with Crippen molar-refractivity contribution in [3.05, 3.63) is 58.7 Å². The smallest absolute Gasteiger partial charge is 0.133 e. The minimum atomic E-state index is -0.491. The minimum absolute atomic E-state index is 0.342. The predicted molar refractivity (Wildman–Crippen MR) is 81.3 cm³/mol. The van der Waals surface area contributed by atoms with Crippen molar-refractivity contribution in [2.24, 2.45) is 0 Å². The van der Waals surface area contributed by atoms with E-state index in [2.05, 4.69) is 18.3 Å². The molecule has 0 saturated carbocycles. The molecule has 0 radical (unpaired) electrons. The lowest BCUT2D eigenvalue weighted by Crippen LogP contribution is -2.18. The van der Waals surface area contributed by atoms with E-state index < -0.39 is 11.6 Å². The summed E-state index contributed by atoms with van der Waals surface area (Å²) in [6, 6.07) is 8.94. The maximum Gasteiger partial charge on any atom is 0.133 e. The molecule has 1 nitrogen and oxygen atoms in total. The molecule has 0 saturated heterocycles. The molecule has 0 aliphatic heterocycles. The van der Waals surface area contributed by atoms with Crippen molar-refractivity contribution in [2.45, 2.75) is 32.7 Å². The second-order valence-electron chi connectivity index (χ2n) is 5.60. The molecular formula is C18H19F2N. The zero-order valence-electron chi connectivity index (χ0n) is 12.3. The first-order valence-corrected chi connectivity index (χ1v) is 7.43. The topological polar surface area (TPSA) is 12.0 Å². The lowest BCUT2D eigenvalue weighted by molar-refractivity contribution is 0.549. The van der Waals surface area contributed by atoms with Gasteiger partial charge in [0, 0.05) is 17.7 Å². The first-order chi connectivity index (χ1) is 10.1. The van der Waals surface area contributed by atoms with Crippen molar-refractivity contribution in [3.63, 3.8) is 0 Å². The highest BCUT2D eigenvalue weighted by Gasteiger charge is 2.25. The molecule has 1 aliphatic carbocycles. The summed E-state index contributed by atoms with van der Waals surface area (Å²) in [5, 5.41) is 3.46. The van der Waals surface area contributed by atoms with Crippen LogP contribution in [0.25, 0.3) is 11.1 Å². The predicted octanol–water partition coefficient (Wildman–Crippen LogP) is 4.54. The number of halogens is 2. The van der Waals surface area contributed by atoms with Gasteiger partial charge in [-0.3, -0.25) is 0 Å². The van der Waals surface area contributed by atoms with Gasteiger partial charge in [-0.25, -0.2) is 8.78 Å². The van der Waals surface area contributed by atoms with E-state index in [0.29, 0.717) is 17.2 Å². The SMILES string of the molecule is CCNC1CCc2c(-c3cc(C)c(F)cc3F)cccc21. The fraction of sp³-hybridized carbons (Fsp3) is 0.333. The van der Waals surface area contributed by atoms with E-state index >= 15 is 0 Å². The number of rotatable bonds is 3. The molecule has 1 N–H and O–H groups in total. The Hall–Kier alpha value is -1.74. The van der Waals surface area contributed by atoms with Crippen molar-refractivity contribution in [2.75, 3.05) is 6.54 Å². The van der Waals surface area contributed by atoms with E-state index in [-0.39, 0.29) is 0 Å². The number of hydrogen-bond donors (Lipinski definition) is 1. The molecule has 0 bridgehead atoms. The van der Waals surface area contributed by atoms with E-state index in [1.807, 2.05) is 12.1 Å². The Bertz CT molecular complexity index is 679. The Morgan fingerprint density at radius 3 is 2.71 bits per heavy atom. The molecule has 1 aliphatic rings. The summed E-state index contributed by atoms with van der Waals surface area (Å²) >= 11 is 0. The summed E-state index contributed by atoms with van der Waals surface area (Å²) in [6.07, 6.45) is 1.96. The van der Waals surface area contributed by atoms with Crippen molar-refractivity contribution >= 4 is 0 Å². The molecule has 1 atom stereocenters. The Morgan fingerprint density at radius 1 is 1.14 bits per heavy atom. The van der Waals surface area contributed by atoms with Crippen LogP contribution in [0.1, 0.15) is 36.1 Å². The van der Waals surface area contributed by atoms with Gasteiger partial charge in [0.1, 0.15) is 11.6 Å². The summed E-state index contributed by atoms with van der Waals surface area (Å²) in [4.78, 5) is 0. The van der Waals surface area contributed by atoms with E-state index in [1.54, 1.807) is 13.0 Å². The zero-order chi connectivity index (χ0) is 15.0. The maximum absolute atomic E-state index is 14.2. The third-order valence-corrected chi connectivity index (χ3v) is 4.26. The molecule has 0 spiro atoms. The quantitative estimate of drug-likeness (QED) is 0.874. The molecule has 0 amide bonds. The van der Waals surface area contributed by atoms with E-state index in [9.17, 15) is 8.78 Å². The summed E-state index contributed by atoms with van der Waals surface area (Å²) in [5.74, 6) is -0.979. The number of fused-ring (bicyclic) bond motifs is 1. The zero-order valence-corrected chi connectivity index (χ0v) is 12.3. The molecule has 1 unspecified atom stereocenters. The van der Waals surface area contributed by atoms with E-state index in [0.717, 1.165) is 31.0 Å². The van der Waals surface area contributed by atoms with Crippen LogP contribution in [0.3, 0.4) is 0 Å². The van der Waals surface area contributed by atoms with Crippen LogP contribution in [-0.2, 0) is 6.42 Å². The average Bonchev–Trinajstić information content (AvgIpc) is 2.87. The summed E-state index contributed by atoms with van der Waals surface area (Å²) < 4.78 is 27.6. The van der Waals surface area contributed by atoms with Gasteiger partial charge >= 0.3 is 0 Å². The molecular weight excluding hydrogens is 268 g/mol. The Kier molecular flexibility index (Phi) is 3.77. The number of nitrogens with one attached hydrogen (secondary N) is 1. The molecule has 2 aromatic rings. The van der Waals surface area contributed by atoms with Gasteiger partial charge in [-0.1, -0.05) is 25.1 Å². The molecule has 21 heavy (non-hydrogen) atoms. The largest absolute Gasteiger partial charge is 0.310 e. The van der Waals surface area contributed by atoms with Crippen LogP contribution >= 0.6 is 0 Å². The minimum Gasteiger partial charge on any atom is -0.310 e. The molecule has 0 heterocycles. The van der Waals surface area contributed by atoms with E-state index in [4.69, 9.17) is 0 Å². The maximum atomic E-state index is 14.2. The van der Waals surface area contributed by atoms with Crippen molar-refractivity contribution in [1.29, 1.82) is 0 Å². The standard InChI is InChI=1S/C18H19F2N/c1-3-21-18-8-7-13-12(5-4-6-14(13)18)15-9-11(2)16(19)10-17(15)20/h4-6,9-10,18,21H,3,7-8H2,1-2H3. The van der Waals surface area contributed by atoms with E-state index in [1.165, 1.54) is 11.1 Å². The second-order valence-corrected chi connectivity index (χ2v) is 5.60. The number of aryl methyl sites for hydroxylation is 1. The van der Waals surface area contributed by atoms with Crippen LogP contribution in [0.4, 0.5) is 8.78 Å². The lowest BCUT2D eigenvalue weighted by atomic mass is 9.95. The van der Waals surface area contributed by atoms with Crippen LogP contribution in [0.15, 0.2) is 30.3 Å². The van der Waals surface area contributed by atoms with Crippen molar-refractivity contribution < 1.29 is 8.78 Å². The Morgan fingerprint density at radius 2 is 1.95 bits per heavy atom. The molecule has 2 aromatic carbocycles.